The predicted octanol–water partition coefficient (Wildman–Crippen LogP) is 3.26. The smallest absolute Gasteiger partial charge is 0.175 e. The van der Waals surface area contributed by atoms with Crippen molar-refractivity contribution in [2.24, 2.45) is 0 Å². The van der Waals surface area contributed by atoms with Crippen LogP contribution in [0.25, 0.3) is 0 Å². The predicted molar refractivity (Wildman–Crippen MR) is 84.3 cm³/mol. The van der Waals surface area contributed by atoms with E-state index in [1.807, 2.05) is 0 Å². The first-order valence-electron chi connectivity index (χ1n) is 6.81. The largest absolute Gasteiger partial charge is 0.513 e. The van der Waals surface area contributed by atoms with Crippen molar-refractivity contribution >= 4 is 0 Å². The van der Waals surface area contributed by atoms with Crippen molar-refractivity contribution < 1.29 is 30.3 Å². The van der Waals surface area contributed by atoms with Gasteiger partial charge in [0, 0.05) is 17.7 Å². The Morgan fingerprint density at radius 2 is 1.83 bits per heavy atom. The van der Waals surface area contributed by atoms with Gasteiger partial charge in [0.2, 0.25) is 0 Å². The minimum Gasteiger partial charge on any atom is -0.513 e. The molecule has 1 aliphatic rings. The molecule has 1 heterocycles. The number of benzene rings is 1. The second-order valence-corrected chi connectivity index (χ2v) is 5.26. The lowest BCUT2D eigenvalue weighted by molar-refractivity contribution is 0.127. The zero-order chi connectivity index (χ0) is 17.3. The number of rotatable bonds is 3. The van der Waals surface area contributed by atoms with E-state index in [2.05, 4.69) is 6.58 Å². The fourth-order valence-corrected chi connectivity index (χ4v) is 2.19. The summed E-state index contributed by atoms with van der Waals surface area (Å²) in [5, 5.41) is 49.1. The lowest BCUT2D eigenvalue weighted by Crippen LogP contribution is -2.17. The van der Waals surface area contributed by atoms with Crippen molar-refractivity contribution in [3.05, 3.63) is 64.9 Å². The fourth-order valence-electron chi connectivity index (χ4n) is 2.19. The van der Waals surface area contributed by atoms with Gasteiger partial charge >= 0.3 is 0 Å². The van der Waals surface area contributed by atoms with Crippen LogP contribution in [0.15, 0.2) is 59.3 Å². The first-order chi connectivity index (χ1) is 10.7. The highest BCUT2D eigenvalue weighted by Crippen LogP contribution is 2.45. The topological polar surface area (TPSA) is 110 Å². The highest BCUT2D eigenvalue weighted by Gasteiger charge is 2.33. The minimum absolute atomic E-state index is 0.0136. The number of allylic oxidation sites excluding steroid dienone is 4. The van der Waals surface area contributed by atoms with E-state index in [0.29, 0.717) is 11.1 Å². The molecule has 1 aromatic carbocycles. The molecule has 1 aliphatic heterocycles. The Hall–Kier alpha value is -2.86. The molecule has 0 saturated heterocycles. The second-order valence-electron chi connectivity index (χ2n) is 5.26. The van der Waals surface area contributed by atoms with Gasteiger partial charge in [-0.1, -0.05) is 6.58 Å². The standard InChI is InChI=1S/C17H18O6/c1-8(2)11(5-4-9(3)18)17-16(22)15(21)14-12(20)6-10(19)7-13(14)23-17/h4-7,15,18-22H,1H2,2-3H3/b9-4+,11-5+. The van der Waals surface area contributed by atoms with Gasteiger partial charge < -0.3 is 30.3 Å². The molecule has 1 aromatic rings. The van der Waals surface area contributed by atoms with Crippen LogP contribution in [0.4, 0.5) is 0 Å². The van der Waals surface area contributed by atoms with Crippen molar-refractivity contribution in [1.29, 1.82) is 0 Å². The third kappa shape index (κ3) is 3.17. The number of aliphatic hydroxyl groups is 3. The number of phenols is 2. The Kier molecular flexibility index (Phi) is 4.38. The minimum atomic E-state index is -1.52. The molecule has 1 atom stereocenters. The normalized spacial score (nSPS) is 18.5. The van der Waals surface area contributed by atoms with E-state index in [1.165, 1.54) is 25.1 Å². The molecule has 23 heavy (non-hydrogen) atoms. The van der Waals surface area contributed by atoms with Gasteiger partial charge in [-0.3, -0.25) is 0 Å². The molecule has 0 radical (unpaired) electrons. The van der Waals surface area contributed by atoms with Gasteiger partial charge in [-0.05, 0) is 31.6 Å². The van der Waals surface area contributed by atoms with E-state index in [9.17, 15) is 25.5 Å². The number of fused-ring (bicyclic) bond motifs is 1. The molecule has 6 heteroatoms. The Bertz CT molecular complexity index is 751. The summed E-state index contributed by atoms with van der Waals surface area (Å²) in [6.07, 6.45) is 1.34. The van der Waals surface area contributed by atoms with E-state index >= 15 is 0 Å². The van der Waals surface area contributed by atoms with E-state index in [4.69, 9.17) is 4.74 Å². The summed E-state index contributed by atoms with van der Waals surface area (Å²) in [4.78, 5) is 0. The van der Waals surface area contributed by atoms with Crippen LogP contribution in [0.3, 0.4) is 0 Å². The van der Waals surface area contributed by atoms with Crippen LogP contribution in [-0.4, -0.2) is 25.5 Å². The fraction of sp³-hybridized carbons (Fsp3) is 0.176. The van der Waals surface area contributed by atoms with Gasteiger partial charge in [0.1, 0.15) is 23.4 Å². The van der Waals surface area contributed by atoms with E-state index in [-0.39, 0.29) is 28.6 Å². The summed E-state index contributed by atoms with van der Waals surface area (Å²) in [7, 11) is 0. The third-order valence-corrected chi connectivity index (χ3v) is 3.28. The quantitative estimate of drug-likeness (QED) is 0.432. The molecule has 0 spiro atoms. The zero-order valence-corrected chi connectivity index (χ0v) is 12.7. The molecule has 2 rings (SSSR count). The zero-order valence-electron chi connectivity index (χ0n) is 12.7. The molecule has 0 aromatic heterocycles. The van der Waals surface area contributed by atoms with Crippen LogP contribution < -0.4 is 4.74 Å². The maximum absolute atomic E-state index is 10.2. The average Bonchev–Trinajstić information content (AvgIpc) is 2.42. The highest BCUT2D eigenvalue weighted by molar-refractivity contribution is 5.58. The van der Waals surface area contributed by atoms with E-state index in [1.54, 1.807) is 6.92 Å². The van der Waals surface area contributed by atoms with Crippen molar-refractivity contribution in [1.82, 2.24) is 0 Å². The molecular weight excluding hydrogens is 300 g/mol. The average molecular weight is 318 g/mol. The van der Waals surface area contributed by atoms with E-state index < -0.39 is 17.6 Å². The molecule has 0 amide bonds. The van der Waals surface area contributed by atoms with Gasteiger partial charge in [0.15, 0.2) is 11.5 Å². The summed E-state index contributed by atoms with van der Waals surface area (Å²) in [6, 6.07) is 2.25. The molecule has 1 unspecified atom stereocenters. The summed E-state index contributed by atoms with van der Waals surface area (Å²) in [6.45, 7) is 6.91. The van der Waals surface area contributed by atoms with Crippen LogP contribution in [0.1, 0.15) is 25.5 Å². The first kappa shape index (κ1) is 16.5. The number of hydrogen-bond acceptors (Lipinski definition) is 6. The molecule has 0 saturated carbocycles. The number of aliphatic hydroxyl groups excluding tert-OH is 3. The molecular formula is C17H18O6. The van der Waals surface area contributed by atoms with Crippen LogP contribution in [-0.2, 0) is 0 Å². The third-order valence-electron chi connectivity index (χ3n) is 3.28. The first-order valence-corrected chi connectivity index (χ1v) is 6.81. The van der Waals surface area contributed by atoms with E-state index in [0.717, 1.165) is 6.07 Å². The number of phenolic OH excluding ortho intramolecular Hbond substituents is 2. The second kappa shape index (κ2) is 6.10. The molecule has 0 fully saturated rings. The SMILES string of the molecule is C=C(C)/C(=C\C=C(/C)O)C1=C(O)C(O)c2c(O)cc(O)cc2O1. The molecule has 0 aliphatic carbocycles. The van der Waals surface area contributed by atoms with Crippen LogP contribution >= 0.6 is 0 Å². The number of aromatic hydroxyl groups is 2. The van der Waals surface area contributed by atoms with Crippen molar-refractivity contribution in [2.45, 2.75) is 20.0 Å². The summed E-state index contributed by atoms with van der Waals surface area (Å²) in [5.74, 6) is -1.17. The Morgan fingerprint density at radius 3 is 2.39 bits per heavy atom. The lowest BCUT2D eigenvalue weighted by Gasteiger charge is -2.26. The number of ether oxygens (including phenoxy) is 1. The summed E-state index contributed by atoms with van der Waals surface area (Å²) >= 11 is 0. The van der Waals surface area contributed by atoms with Gasteiger partial charge in [-0.25, -0.2) is 0 Å². The molecule has 6 nitrogen and oxygen atoms in total. The molecule has 5 N–H and O–H groups in total. The van der Waals surface area contributed by atoms with Crippen molar-refractivity contribution in [2.75, 3.05) is 0 Å². The van der Waals surface area contributed by atoms with Crippen LogP contribution in [0, 0.1) is 0 Å². The lowest BCUT2D eigenvalue weighted by atomic mass is 9.97. The Labute approximate surface area is 133 Å². The van der Waals surface area contributed by atoms with Crippen LogP contribution in [0.2, 0.25) is 0 Å². The highest BCUT2D eigenvalue weighted by atomic mass is 16.5. The van der Waals surface area contributed by atoms with Gasteiger partial charge in [0.25, 0.3) is 0 Å². The Morgan fingerprint density at radius 1 is 1.17 bits per heavy atom. The maximum Gasteiger partial charge on any atom is 0.175 e. The Balaban J connectivity index is 2.60. The summed E-state index contributed by atoms with van der Waals surface area (Å²) < 4.78 is 5.54. The number of hydrogen-bond donors (Lipinski definition) is 5. The molecule has 122 valence electrons. The van der Waals surface area contributed by atoms with Gasteiger partial charge in [0.05, 0.1) is 11.3 Å². The van der Waals surface area contributed by atoms with Gasteiger partial charge in [-0.2, -0.15) is 0 Å². The van der Waals surface area contributed by atoms with Crippen molar-refractivity contribution in [3.63, 3.8) is 0 Å². The van der Waals surface area contributed by atoms with Gasteiger partial charge in [-0.15, -0.1) is 0 Å². The maximum atomic E-state index is 10.2. The van der Waals surface area contributed by atoms with Crippen LogP contribution in [0.5, 0.6) is 17.2 Å². The van der Waals surface area contributed by atoms with Crippen molar-refractivity contribution in [3.8, 4) is 17.2 Å². The molecule has 0 bridgehead atoms. The monoisotopic (exact) mass is 318 g/mol. The summed E-state index contributed by atoms with van der Waals surface area (Å²) in [5.41, 5.74) is 0.825.